The van der Waals surface area contributed by atoms with Gasteiger partial charge >= 0.3 is 0 Å². The molecule has 1 aliphatic heterocycles. The van der Waals surface area contributed by atoms with Gasteiger partial charge in [-0.15, -0.1) is 0 Å². The minimum absolute atomic E-state index is 0.0280. The summed E-state index contributed by atoms with van der Waals surface area (Å²) < 4.78 is 30.2. The Morgan fingerprint density at radius 2 is 1.91 bits per heavy atom. The van der Waals surface area contributed by atoms with Crippen LogP contribution in [0, 0.1) is 0 Å². The highest BCUT2D eigenvalue weighted by Gasteiger charge is 2.27. The molecule has 128 valence electrons. The Labute approximate surface area is 142 Å². The average molecular weight is 361 g/mol. The molecule has 0 N–H and O–H groups in total. The fourth-order valence-corrected chi connectivity index (χ4v) is 3.87. The molecule has 0 unspecified atom stereocenters. The van der Waals surface area contributed by atoms with E-state index in [4.69, 9.17) is 16.3 Å². The van der Waals surface area contributed by atoms with Crippen molar-refractivity contribution in [3.05, 3.63) is 28.8 Å². The molecular weight excluding hydrogens is 340 g/mol. The standard InChI is InChI=1S/C15H21ClN2O4S/c1-3-23(20,21)18-8-6-17(7-9-18)15(19)11-12-4-5-14(22-2)13(16)10-12/h4-5,10H,3,6-9,11H2,1-2H3. The van der Waals surface area contributed by atoms with Crippen molar-refractivity contribution in [3.63, 3.8) is 0 Å². The Kier molecular flexibility index (Phi) is 5.89. The zero-order valence-electron chi connectivity index (χ0n) is 13.3. The van der Waals surface area contributed by atoms with Crippen LogP contribution in [0.1, 0.15) is 12.5 Å². The molecule has 0 aliphatic carbocycles. The molecule has 1 heterocycles. The third-order valence-electron chi connectivity index (χ3n) is 3.92. The van der Waals surface area contributed by atoms with E-state index in [0.717, 1.165) is 5.56 Å². The molecule has 0 aromatic heterocycles. The number of halogens is 1. The molecule has 0 bridgehead atoms. The van der Waals surface area contributed by atoms with Crippen molar-refractivity contribution in [2.45, 2.75) is 13.3 Å². The molecule has 0 atom stereocenters. The summed E-state index contributed by atoms with van der Waals surface area (Å²) in [5.41, 5.74) is 0.810. The third kappa shape index (κ3) is 4.37. The molecule has 1 fully saturated rings. The zero-order valence-corrected chi connectivity index (χ0v) is 14.9. The van der Waals surface area contributed by atoms with Gasteiger partial charge in [0.05, 0.1) is 24.3 Å². The summed E-state index contributed by atoms with van der Waals surface area (Å²) in [5, 5.41) is 0.469. The van der Waals surface area contributed by atoms with Crippen LogP contribution in [0.3, 0.4) is 0 Å². The minimum atomic E-state index is -3.18. The highest BCUT2D eigenvalue weighted by atomic mass is 35.5. The smallest absolute Gasteiger partial charge is 0.227 e. The number of nitrogens with zero attached hydrogens (tertiary/aromatic N) is 2. The lowest BCUT2D eigenvalue weighted by Gasteiger charge is -2.33. The molecule has 1 aliphatic rings. The number of carbonyl (C=O) groups excluding carboxylic acids is 1. The van der Waals surface area contributed by atoms with Crippen molar-refractivity contribution in [1.82, 2.24) is 9.21 Å². The van der Waals surface area contributed by atoms with E-state index in [-0.39, 0.29) is 18.1 Å². The molecule has 2 rings (SSSR count). The monoisotopic (exact) mass is 360 g/mol. The molecule has 1 amide bonds. The van der Waals surface area contributed by atoms with Crippen LogP contribution in [0.25, 0.3) is 0 Å². The van der Waals surface area contributed by atoms with Gasteiger partial charge in [0.2, 0.25) is 15.9 Å². The molecule has 23 heavy (non-hydrogen) atoms. The van der Waals surface area contributed by atoms with Gasteiger partial charge < -0.3 is 9.64 Å². The largest absolute Gasteiger partial charge is 0.495 e. The lowest BCUT2D eigenvalue weighted by atomic mass is 10.1. The maximum atomic E-state index is 12.3. The van der Waals surface area contributed by atoms with Crippen LogP contribution in [0.4, 0.5) is 0 Å². The minimum Gasteiger partial charge on any atom is -0.495 e. The fourth-order valence-electron chi connectivity index (χ4n) is 2.50. The van der Waals surface area contributed by atoms with Crippen molar-refractivity contribution in [3.8, 4) is 5.75 Å². The first kappa shape index (κ1) is 18.0. The number of hydrogen-bond donors (Lipinski definition) is 0. The Morgan fingerprint density at radius 3 is 2.43 bits per heavy atom. The van der Waals surface area contributed by atoms with Crippen molar-refractivity contribution < 1.29 is 17.9 Å². The van der Waals surface area contributed by atoms with Gasteiger partial charge in [0.15, 0.2) is 0 Å². The van der Waals surface area contributed by atoms with E-state index in [1.165, 1.54) is 11.4 Å². The van der Waals surface area contributed by atoms with E-state index in [1.807, 2.05) is 0 Å². The highest BCUT2D eigenvalue weighted by Crippen LogP contribution is 2.25. The van der Waals surface area contributed by atoms with Gasteiger partial charge in [0.1, 0.15) is 5.75 Å². The van der Waals surface area contributed by atoms with Crippen LogP contribution in [0.2, 0.25) is 5.02 Å². The first-order valence-electron chi connectivity index (χ1n) is 7.45. The highest BCUT2D eigenvalue weighted by molar-refractivity contribution is 7.89. The van der Waals surface area contributed by atoms with Crippen LogP contribution < -0.4 is 4.74 Å². The average Bonchev–Trinajstić information content (AvgIpc) is 2.55. The third-order valence-corrected chi connectivity index (χ3v) is 6.10. The van der Waals surface area contributed by atoms with E-state index in [2.05, 4.69) is 0 Å². The maximum Gasteiger partial charge on any atom is 0.227 e. The first-order chi connectivity index (χ1) is 10.9. The Morgan fingerprint density at radius 1 is 1.26 bits per heavy atom. The topological polar surface area (TPSA) is 66.9 Å². The Hall–Kier alpha value is -1.31. The predicted octanol–water partition coefficient (Wildman–Crippen LogP) is 1.38. The van der Waals surface area contributed by atoms with Crippen LogP contribution in [-0.4, -0.2) is 62.6 Å². The summed E-state index contributed by atoms with van der Waals surface area (Å²) in [4.78, 5) is 14.0. The molecular formula is C15H21ClN2O4S. The summed E-state index contributed by atoms with van der Waals surface area (Å²) >= 11 is 6.06. The summed E-state index contributed by atoms with van der Waals surface area (Å²) in [6.45, 7) is 3.17. The number of methoxy groups -OCH3 is 1. The van der Waals surface area contributed by atoms with Crippen LogP contribution >= 0.6 is 11.6 Å². The number of amides is 1. The van der Waals surface area contributed by atoms with E-state index in [1.54, 1.807) is 30.0 Å². The van der Waals surface area contributed by atoms with Gasteiger partial charge in [-0.2, -0.15) is 4.31 Å². The van der Waals surface area contributed by atoms with Crippen molar-refractivity contribution >= 4 is 27.5 Å². The van der Waals surface area contributed by atoms with Gasteiger partial charge in [-0.3, -0.25) is 4.79 Å². The first-order valence-corrected chi connectivity index (χ1v) is 9.44. The zero-order chi connectivity index (χ0) is 17.0. The predicted molar refractivity (Wildman–Crippen MR) is 89.3 cm³/mol. The number of ether oxygens (including phenoxy) is 1. The van der Waals surface area contributed by atoms with Crippen molar-refractivity contribution in [2.24, 2.45) is 0 Å². The van der Waals surface area contributed by atoms with Crippen molar-refractivity contribution in [1.29, 1.82) is 0 Å². The Balaban J connectivity index is 1.94. The molecule has 1 aromatic carbocycles. The van der Waals surface area contributed by atoms with E-state index in [0.29, 0.717) is 37.0 Å². The van der Waals surface area contributed by atoms with E-state index in [9.17, 15) is 13.2 Å². The van der Waals surface area contributed by atoms with Gasteiger partial charge in [0, 0.05) is 26.2 Å². The molecule has 6 nitrogen and oxygen atoms in total. The number of rotatable bonds is 5. The maximum absolute atomic E-state index is 12.3. The van der Waals surface area contributed by atoms with Crippen molar-refractivity contribution in [2.75, 3.05) is 39.0 Å². The molecule has 1 aromatic rings. The van der Waals surface area contributed by atoms with Gasteiger partial charge in [0.25, 0.3) is 0 Å². The van der Waals surface area contributed by atoms with E-state index < -0.39 is 10.0 Å². The SMILES string of the molecule is CCS(=O)(=O)N1CCN(C(=O)Cc2ccc(OC)c(Cl)c2)CC1. The van der Waals surface area contributed by atoms with Gasteiger partial charge in [-0.25, -0.2) is 8.42 Å². The molecule has 8 heteroatoms. The van der Waals surface area contributed by atoms with Crippen LogP contribution in [-0.2, 0) is 21.2 Å². The number of piperazine rings is 1. The summed E-state index contributed by atoms with van der Waals surface area (Å²) in [7, 11) is -1.64. The second-order valence-corrected chi connectivity index (χ2v) is 7.99. The number of hydrogen-bond acceptors (Lipinski definition) is 4. The lowest BCUT2D eigenvalue weighted by molar-refractivity contribution is -0.131. The molecule has 0 radical (unpaired) electrons. The van der Waals surface area contributed by atoms with Gasteiger partial charge in [-0.05, 0) is 24.6 Å². The summed E-state index contributed by atoms with van der Waals surface area (Å²) in [6.07, 6.45) is 0.240. The number of carbonyl (C=O) groups is 1. The molecule has 0 saturated carbocycles. The number of benzene rings is 1. The molecule has 0 spiro atoms. The summed E-state index contributed by atoms with van der Waals surface area (Å²) in [5.74, 6) is 0.631. The van der Waals surface area contributed by atoms with Crippen LogP contribution in [0.15, 0.2) is 18.2 Å². The normalized spacial score (nSPS) is 16.4. The van der Waals surface area contributed by atoms with Crippen LogP contribution in [0.5, 0.6) is 5.75 Å². The fraction of sp³-hybridized carbons (Fsp3) is 0.533. The quantitative estimate of drug-likeness (QED) is 0.795. The number of sulfonamides is 1. The second-order valence-electron chi connectivity index (χ2n) is 5.33. The summed E-state index contributed by atoms with van der Waals surface area (Å²) in [6, 6.07) is 5.26. The lowest BCUT2D eigenvalue weighted by Crippen LogP contribution is -2.51. The van der Waals surface area contributed by atoms with E-state index >= 15 is 0 Å². The molecule has 1 saturated heterocycles. The Bertz CT molecular complexity index is 670. The second kappa shape index (κ2) is 7.51. The van der Waals surface area contributed by atoms with Gasteiger partial charge in [-0.1, -0.05) is 17.7 Å².